The molecule has 0 atom stereocenters. The highest BCUT2D eigenvalue weighted by atomic mass is 16.2. The van der Waals surface area contributed by atoms with Crippen molar-refractivity contribution < 1.29 is 4.79 Å². The second-order valence-electron chi connectivity index (χ2n) is 6.60. The van der Waals surface area contributed by atoms with E-state index in [0.717, 1.165) is 39.0 Å². The lowest BCUT2D eigenvalue weighted by Gasteiger charge is -2.33. The highest BCUT2D eigenvalue weighted by Crippen LogP contribution is 2.38. The first-order chi connectivity index (χ1) is 8.61. The number of hydrogen-bond donors (Lipinski definition) is 1. The van der Waals surface area contributed by atoms with Crippen LogP contribution in [0.25, 0.3) is 0 Å². The minimum Gasteiger partial charge on any atom is -0.342 e. The van der Waals surface area contributed by atoms with Crippen molar-refractivity contribution in [2.75, 3.05) is 26.2 Å². The third-order valence-electron chi connectivity index (χ3n) is 4.63. The van der Waals surface area contributed by atoms with E-state index in [4.69, 9.17) is 0 Å². The van der Waals surface area contributed by atoms with Crippen LogP contribution in [-0.4, -0.2) is 37.0 Å². The van der Waals surface area contributed by atoms with E-state index < -0.39 is 0 Å². The minimum atomic E-state index is 0.394. The first-order valence-electron chi connectivity index (χ1n) is 7.60. The Balaban J connectivity index is 1.75. The topological polar surface area (TPSA) is 32.3 Å². The second-order valence-corrected chi connectivity index (χ2v) is 6.60. The van der Waals surface area contributed by atoms with Gasteiger partial charge >= 0.3 is 0 Å². The number of nitrogens with zero attached hydrogens (tertiary/aromatic N) is 1. The van der Waals surface area contributed by atoms with Crippen LogP contribution in [0.1, 0.15) is 52.4 Å². The summed E-state index contributed by atoms with van der Waals surface area (Å²) in [5.74, 6) is 1.11. The molecule has 0 aromatic rings. The third-order valence-corrected chi connectivity index (χ3v) is 4.63. The van der Waals surface area contributed by atoms with E-state index in [2.05, 4.69) is 24.1 Å². The molecule has 2 rings (SSSR count). The molecule has 1 spiro atoms. The van der Waals surface area contributed by atoms with Crippen molar-refractivity contribution in [2.45, 2.75) is 52.4 Å². The molecule has 2 fully saturated rings. The number of carbonyl (C=O) groups is 1. The molecule has 0 aromatic carbocycles. The van der Waals surface area contributed by atoms with Gasteiger partial charge in [0.25, 0.3) is 0 Å². The Kier molecular flexibility index (Phi) is 4.66. The van der Waals surface area contributed by atoms with E-state index in [0.29, 0.717) is 17.2 Å². The van der Waals surface area contributed by atoms with Gasteiger partial charge in [0.05, 0.1) is 0 Å². The molecule has 2 aliphatic heterocycles. The average Bonchev–Trinajstić information content (AvgIpc) is 2.73. The van der Waals surface area contributed by atoms with E-state index in [-0.39, 0.29) is 0 Å². The molecule has 3 heteroatoms. The maximum Gasteiger partial charge on any atom is 0.222 e. The number of carbonyl (C=O) groups excluding carboxylic acids is 1. The van der Waals surface area contributed by atoms with Gasteiger partial charge in [-0.3, -0.25) is 4.79 Å². The highest BCUT2D eigenvalue weighted by molar-refractivity contribution is 5.76. The van der Waals surface area contributed by atoms with E-state index in [9.17, 15) is 4.79 Å². The molecular formula is C15H28N2O. The SMILES string of the molecule is CC(C)CCCC(=O)N1CCC2(CCNCC2)C1. The van der Waals surface area contributed by atoms with Crippen LogP contribution in [0.15, 0.2) is 0 Å². The molecule has 0 aliphatic carbocycles. The first kappa shape index (κ1) is 13.9. The zero-order valence-corrected chi connectivity index (χ0v) is 12.0. The van der Waals surface area contributed by atoms with Gasteiger partial charge in [0.1, 0.15) is 0 Å². The van der Waals surface area contributed by atoms with Gasteiger partial charge in [-0.25, -0.2) is 0 Å². The van der Waals surface area contributed by atoms with Crippen LogP contribution >= 0.6 is 0 Å². The average molecular weight is 252 g/mol. The maximum absolute atomic E-state index is 12.2. The Hall–Kier alpha value is -0.570. The fraction of sp³-hybridized carbons (Fsp3) is 0.933. The molecule has 3 nitrogen and oxygen atoms in total. The van der Waals surface area contributed by atoms with Gasteiger partial charge in [0.15, 0.2) is 0 Å². The molecule has 1 amide bonds. The summed E-state index contributed by atoms with van der Waals surface area (Å²) >= 11 is 0. The number of amides is 1. The highest BCUT2D eigenvalue weighted by Gasteiger charge is 2.40. The molecule has 0 radical (unpaired) electrons. The maximum atomic E-state index is 12.2. The Labute approximate surface area is 111 Å². The molecule has 2 aliphatic rings. The Morgan fingerprint density at radius 2 is 2.00 bits per heavy atom. The zero-order chi connectivity index (χ0) is 13.0. The van der Waals surface area contributed by atoms with Crippen molar-refractivity contribution in [3.05, 3.63) is 0 Å². The standard InChI is InChI=1S/C15H28N2O/c1-13(2)4-3-5-14(18)17-11-8-15(12-17)6-9-16-10-7-15/h13,16H,3-12H2,1-2H3. The normalized spacial score (nSPS) is 22.9. The molecule has 0 saturated carbocycles. The molecular weight excluding hydrogens is 224 g/mol. The van der Waals surface area contributed by atoms with Crippen LogP contribution in [0.3, 0.4) is 0 Å². The Bertz CT molecular complexity index is 282. The van der Waals surface area contributed by atoms with Crippen molar-refractivity contribution in [3.63, 3.8) is 0 Å². The molecule has 2 heterocycles. The summed E-state index contributed by atoms with van der Waals surface area (Å²) in [5.41, 5.74) is 0.457. The zero-order valence-electron chi connectivity index (χ0n) is 12.0. The number of hydrogen-bond acceptors (Lipinski definition) is 2. The van der Waals surface area contributed by atoms with E-state index >= 15 is 0 Å². The smallest absolute Gasteiger partial charge is 0.222 e. The largest absolute Gasteiger partial charge is 0.342 e. The van der Waals surface area contributed by atoms with Crippen molar-refractivity contribution in [1.82, 2.24) is 10.2 Å². The van der Waals surface area contributed by atoms with Crippen molar-refractivity contribution in [1.29, 1.82) is 0 Å². The van der Waals surface area contributed by atoms with Gasteiger partial charge in [-0.05, 0) is 50.1 Å². The van der Waals surface area contributed by atoms with Gasteiger partial charge < -0.3 is 10.2 Å². The molecule has 2 saturated heterocycles. The number of nitrogens with one attached hydrogen (secondary N) is 1. The van der Waals surface area contributed by atoms with E-state index in [1.807, 2.05) is 0 Å². The summed E-state index contributed by atoms with van der Waals surface area (Å²) in [4.78, 5) is 14.3. The molecule has 0 unspecified atom stereocenters. The van der Waals surface area contributed by atoms with Gasteiger partial charge in [0.2, 0.25) is 5.91 Å². The third kappa shape index (κ3) is 3.47. The van der Waals surface area contributed by atoms with Crippen LogP contribution in [0.5, 0.6) is 0 Å². The Morgan fingerprint density at radius 1 is 1.28 bits per heavy atom. The molecule has 1 N–H and O–H groups in total. The predicted molar refractivity (Wildman–Crippen MR) is 74.4 cm³/mol. The molecule has 18 heavy (non-hydrogen) atoms. The minimum absolute atomic E-state index is 0.394. The molecule has 0 aromatic heterocycles. The van der Waals surface area contributed by atoms with Gasteiger partial charge in [-0.1, -0.05) is 20.3 Å². The van der Waals surface area contributed by atoms with Crippen LogP contribution in [0.2, 0.25) is 0 Å². The van der Waals surface area contributed by atoms with Crippen molar-refractivity contribution >= 4 is 5.91 Å². The summed E-state index contributed by atoms with van der Waals surface area (Å²) in [6, 6.07) is 0. The lowest BCUT2D eigenvalue weighted by molar-refractivity contribution is -0.130. The van der Waals surface area contributed by atoms with Gasteiger partial charge in [-0.15, -0.1) is 0 Å². The summed E-state index contributed by atoms with van der Waals surface area (Å²) < 4.78 is 0. The quantitative estimate of drug-likeness (QED) is 0.833. The van der Waals surface area contributed by atoms with Crippen LogP contribution < -0.4 is 5.32 Å². The van der Waals surface area contributed by atoms with Gasteiger partial charge in [0, 0.05) is 19.5 Å². The summed E-state index contributed by atoms with van der Waals surface area (Å²) in [6.07, 6.45) is 6.72. The van der Waals surface area contributed by atoms with E-state index in [1.54, 1.807) is 0 Å². The second kappa shape index (κ2) is 6.05. The summed E-state index contributed by atoms with van der Waals surface area (Å²) in [7, 11) is 0. The number of rotatable bonds is 4. The lowest BCUT2D eigenvalue weighted by atomic mass is 9.78. The lowest BCUT2D eigenvalue weighted by Crippen LogP contribution is -2.39. The predicted octanol–water partition coefficient (Wildman–Crippen LogP) is 2.41. The van der Waals surface area contributed by atoms with Crippen LogP contribution in [-0.2, 0) is 4.79 Å². The number of likely N-dealkylation sites (tertiary alicyclic amines) is 1. The van der Waals surface area contributed by atoms with Crippen LogP contribution in [0, 0.1) is 11.3 Å². The summed E-state index contributed by atoms with van der Waals surface area (Å²) in [5, 5.41) is 3.42. The summed E-state index contributed by atoms with van der Waals surface area (Å²) in [6.45, 7) is 8.75. The molecule has 104 valence electrons. The monoisotopic (exact) mass is 252 g/mol. The van der Waals surface area contributed by atoms with Gasteiger partial charge in [-0.2, -0.15) is 0 Å². The van der Waals surface area contributed by atoms with Crippen molar-refractivity contribution in [2.24, 2.45) is 11.3 Å². The fourth-order valence-corrected chi connectivity index (χ4v) is 3.33. The first-order valence-corrected chi connectivity index (χ1v) is 7.60. The molecule has 0 bridgehead atoms. The Morgan fingerprint density at radius 3 is 2.67 bits per heavy atom. The fourth-order valence-electron chi connectivity index (χ4n) is 3.33. The van der Waals surface area contributed by atoms with Crippen molar-refractivity contribution in [3.8, 4) is 0 Å². The van der Waals surface area contributed by atoms with Crippen LogP contribution in [0.4, 0.5) is 0 Å². The number of piperidine rings is 1. The van der Waals surface area contributed by atoms with E-state index in [1.165, 1.54) is 25.7 Å².